The van der Waals surface area contributed by atoms with E-state index in [9.17, 15) is 5.11 Å². The van der Waals surface area contributed by atoms with Gasteiger partial charge in [0.1, 0.15) is 0 Å². The van der Waals surface area contributed by atoms with E-state index in [2.05, 4.69) is 48.9 Å². The van der Waals surface area contributed by atoms with Gasteiger partial charge in [0.2, 0.25) is 0 Å². The van der Waals surface area contributed by atoms with Crippen molar-refractivity contribution in [3.63, 3.8) is 0 Å². The number of fused-ring (bicyclic) bond motifs is 1. The molecule has 2 nitrogen and oxygen atoms in total. The molecule has 0 fully saturated rings. The summed E-state index contributed by atoms with van der Waals surface area (Å²) in [6.45, 7) is 8.07. The SMILES string of the molecule is CC(C)n1ccc2cccc(CC(C)(C)O)c21. The van der Waals surface area contributed by atoms with Crippen molar-refractivity contribution in [2.45, 2.75) is 45.8 Å². The third kappa shape index (κ3) is 2.52. The quantitative estimate of drug-likeness (QED) is 0.858. The van der Waals surface area contributed by atoms with Gasteiger partial charge in [0, 0.05) is 18.7 Å². The molecule has 0 aliphatic rings. The first-order valence-corrected chi connectivity index (χ1v) is 6.19. The zero-order valence-corrected chi connectivity index (χ0v) is 11.1. The highest BCUT2D eigenvalue weighted by atomic mass is 16.3. The molecule has 0 saturated carbocycles. The minimum absolute atomic E-state index is 0.440. The number of rotatable bonds is 3. The van der Waals surface area contributed by atoms with Crippen molar-refractivity contribution < 1.29 is 5.11 Å². The maximum atomic E-state index is 9.99. The van der Waals surface area contributed by atoms with Crippen LogP contribution in [0.5, 0.6) is 0 Å². The van der Waals surface area contributed by atoms with E-state index < -0.39 is 5.60 Å². The molecule has 92 valence electrons. The summed E-state index contributed by atoms with van der Waals surface area (Å²) in [4.78, 5) is 0. The lowest BCUT2D eigenvalue weighted by Crippen LogP contribution is -2.22. The van der Waals surface area contributed by atoms with E-state index in [1.54, 1.807) is 0 Å². The van der Waals surface area contributed by atoms with E-state index in [1.807, 2.05) is 13.8 Å². The Morgan fingerprint density at radius 1 is 1.24 bits per heavy atom. The molecule has 2 aromatic rings. The van der Waals surface area contributed by atoms with E-state index in [0.717, 1.165) is 0 Å². The fraction of sp³-hybridized carbons (Fsp3) is 0.467. The molecule has 1 heterocycles. The molecule has 0 radical (unpaired) electrons. The Balaban J connectivity index is 2.58. The number of nitrogens with zero attached hydrogens (tertiary/aromatic N) is 1. The Kier molecular flexibility index (Phi) is 3.00. The van der Waals surface area contributed by atoms with Crippen molar-refractivity contribution >= 4 is 10.9 Å². The fourth-order valence-electron chi connectivity index (χ4n) is 2.33. The van der Waals surface area contributed by atoms with E-state index in [1.165, 1.54) is 16.5 Å². The fourth-order valence-corrected chi connectivity index (χ4v) is 2.33. The van der Waals surface area contributed by atoms with Crippen LogP contribution in [0.3, 0.4) is 0 Å². The zero-order chi connectivity index (χ0) is 12.6. The number of aliphatic hydroxyl groups is 1. The highest BCUT2D eigenvalue weighted by molar-refractivity contribution is 5.83. The maximum Gasteiger partial charge on any atom is 0.0632 e. The molecule has 0 aliphatic carbocycles. The second kappa shape index (κ2) is 4.19. The van der Waals surface area contributed by atoms with Crippen LogP contribution in [-0.2, 0) is 6.42 Å². The lowest BCUT2D eigenvalue weighted by atomic mass is 9.97. The molecular formula is C15H21NO. The highest BCUT2D eigenvalue weighted by Crippen LogP contribution is 2.26. The molecule has 2 rings (SSSR count). The summed E-state index contributed by atoms with van der Waals surface area (Å²) in [6.07, 6.45) is 2.81. The van der Waals surface area contributed by atoms with E-state index in [-0.39, 0.29) is 0 Å². The standard InChI is InChI=1S/C15H21NO/c1-11(2)16-9-8-12-6-5-7-13(14(12)16)10-15(3,4)17/h5-9,11,17H,10H2,1-4H3. The second-order valence-electron chi connectivity index (χ2n) is 5.66. The van der Waals surface area contributed by atoms with Crippen molar-refractivity contribution in [2.24, 2.45) is 0 Å². The third-order valence-electron chi connectivity index (χ3n) is 3.00. The largest absolute Gasteiger partial charge is 0.390 e. The van der Waals surface area contributed by atoms with Crippen LogP contribution >= 0.6 is 0 Å². The van der Waals surface area contributed by atoms with Gasteiger partial charge in [0.25, 0.3) is 0 Å². The molecule has 0 atom stereocenters. The molecule has 1 aromatic heterocycles. The van der Waals surface area contributed by atoms with Gasteiger partial charge in [-0.3, -0.25) is 0 Å². The Morgan fingerprint density at radius 2 is 1.94 bits per heavy atom. The first kappa shape index (κ1) is 12.2. The highest BCUT2D eigenvalue weighted by Gasteiger charge is 2.17. The van der Waals surface area contributed by atoms with Crippen molar-refractivity contribution in [2.75, 3.05) is 0 Å². The Bertz CT molecular complexity index is 517. The normalized spacial score (nSPS) is 12.6. The number of hydrogen-bond acceptors (Lipinski definition) is 1. The van der Waals surface area contributed by atoms with Gasteiger partial charge in [-0.2, -0.15) is 0 Å². The minimum atomic E-state index is -0.666. The lowest BCUT2D eigenvalue weighted by Gasteiger charge is -2.19. The predicted molar refractivity (Wildman–Crippen MR) is 72.3 cm³/mol. The van der Waals surface area contributed by atoms with Crippen LogP contribution in [0, 0.1) is 0 Å². The van der Waals surface area contributed by atoms with E-state index >= 15 is 0 Å². The molecule has 0 saturated heterocycles. The first-order valence-electron chi connectivity index (χ1n) is 6.19. The minimum Gasteiger partial charge on any atom is -0.390 e. The summed E-state index contributed by atoms with van der Waals surface area (Å²) in [5.41, 5.74) is 1.80. The first-order chi connectivity index (χ1) is 7.88. The average molecular weight is 231 g/mol. The van der Waals surface area contributed by atoms with Crippen LogP contribution in [0.1, 0.15) is 39.3 Å². The molecule has 0 amide bonds. The van der Waals surface area contributed by atoms with E-state index in [0.29, 0.717) is 12.5 Å². The number of benzene rings is 1. The summed E-state index contributed by atoms with van der Waals surface area (Å²) in [5, 5.41) is 11.2. The number of para-hydroxylation sites is 1. The maximum absolute atomic E-state index is 9.99. The second-order valence-corrected chi connectivity index (χ2v) is 5.66. The van der Waals surface area contributed by atoms with Crippen LogP contribution in [0.25, 0.3) is 10.9 Å². The van der Waals surface area contributed by atoms with Crippen molar-refractivity contribution in [1.82, 2.24) is 4.57 Å². The molecular weight excluding hydrogens is 210 g/mol. The zero-order valence-electron chi connectivity index (χ0n) is 11.1. The van der Waals surface area contributed by atoms with Gasteiger partial charge in [-0.1, -0.05) is 18.2 Å². The molecule has 0 aliphatic heterocycles. The van der Waals surface area contributed by atoms with Crippen molar-refractivity contribution in [3.8, 4) is 0 Å². The summed E-state index contributed by atoms with van der Waals surface area (Å²) in [5.74, 6) is 0. The van der Waals surface area contributed by atoms with Crippen LogP contribution < -0.4 is 0 Å². The molecule has 1 aromatic carbocycles. The third-order valence-corrected chi connectivity index (χ3v) is 3.00. The summed E-state index contributed by atoms with van der Waals surface area (Å²) in [7, 11) is 0. The predicted octanol–water partition coefficient (Wildman–Crippen LogP) is 3.54. The Hall–Kier alpha value is -1.28. The van der Waals surface area contributed by atoms with Gasteiger partial charge >= 0.3 is 0 Å². The van der Waals surface area contributed by atoms with Gasteiger partial charge in [0.05, 0.1) is 11.1 Å². The van der Waals surface area contributed by atoms with Gasteiger partial charge < -0.3 is 9.67 Å². The van der Waals surface area contributed by atoms with Crippen LogP contribution in [0.4, 0.5) is 0 Å². The van der Waals surface area contributed by atoms with Crippen LogP contribution in [-0.4, -0.2) is 15.3 Å². The summed E-state index contributed by atoms with van der Waals surface area (Å²) >= 11 is 0. The molecule has 1 N–H and O–H groups in total. The molecule has 0 unspecified atom stereocenters. The molecule has 17 heavy (non-hydrogen) atoms. The van der Waals surface area contributed by atoms with Crippen LogP contribution in [0.15, 0.2) is 30.5 Å². The van der Waals surface area contributed by atoms with Gasteiger partial charge in [-0.15, -0.1) is 0 Å². The molecule has 0 bridgehead atoms. The summed E-state index contributed by atoms with van der Waals surface area (Å²) < 4.78 is 2.27. The van der Waals surface area contributed by atoms with Crippen LogP contribution in [0.2, 0.25) is 0 Å². The Labute approximate surface area is 103 Å². The van der Waals surface area contributed by atoms with Gasteiger partial charge in [-0.25, -0.2) is 0 Å². The monoisotopic (exact) mass is 231 g/mol. The van der Waals surface area contributed by atoms with Gasteiger partial charge in [0.15, 0.2) is 0 Å². The lowest BCUT2D eigenvalue weighted by molar-refractivity contribution is 0.0812. The Morgan fingerprint density at radius 3 is 2.53 bits per heavy atom. The molecule has 0 spiro atoms. The van der Waals surface area contributed by atoms with Crippen molar-refractivity contribution in [1.29, 1.82) is 0 Å². The van der Waals surface area contributed by atoms with E-state index in [4.69, 9.17) is 0 Å². The number of aromatic nitrogens is 1. The average Bonchev–Trinajstić information content (AvgIpc) is 2.59. The number of hydrogen-bond donors (Lipinski definition) is 1. The van der Waals surface area contributed by atoms with Gasteiger partial charge in [-0.05, 0) is 44.7 Å². The van der Waals surface area contributed by atoms with Crippen molar-refractivity contribution in [3.05, 3.63) is 36.0 Å². The topological polar surface area (TPSA) is 25.2 Å². The molecule has 2 heteroatoms. The summed E-state index contributed by atoms with van der Waals surface area (Å²) in [6, 6.07) is 8.88. The smallest absolute Gasteiger partial charge is 0.0632 e.